The molecule has 0 atom stereocenters. The number of aryl methyl sites for hydroxylation is 1. The molecule has 134 valence electrons. The highest BCUT2D eigenvalue weighted by molar-refractivity contribution is 6.00. The van der Waals surface area contributed by atoms with Crippen molar-refractivity contribution in [2.45, 2.75) is 6.92 Å². The molecule has 26 heavy (non-hydrogen) atoms. The van der Waals surface area contributed by atoms with Gasteiger partial charge in [-0.3, -0.25) is 10.3 Å². The molecule has 0 saturated carbocycles. The van der Waals surface area contributed by atoms with E-state index in [1.54, 1.807) is 13.0 Å². The second kappa shape index (κ2) is 7.64. The Morgan fingerprint density at radius 2 is 2.12 bits per heavy atom. The van der Waals surface area contributed by atoms with Gasteiger partial charge < -0.3 is 15.0 Å². The lowest BCUT2D eigenvalue weighted by atomic mass is 10.2. The number of likely N-dealkylation sites (N-methyl/N-ethyl adjacent to an activating group) is 1. The predicted octanol–water partition coefficient (Wildman–Crippen LogP) is 3.29. The Morgan fingerprint density at radius 3 is 2.81 bits per heavy atom. The van der Waals surface area contributed by atoms with E-state index >= 15 is 0 Å². The van der Waals surface area contributed by atoms with E-state index in [1.165, 1.54) is 30.6 Å². The fourth-order valence-corrected chi connectivity index (χ4v) is 2.18. The van der Waals surface area contributed by atoms with E-state index in [9.17, 15) is 9.18 Å². The third kappa shape index (κ3) is 4.56. The van der Waals surface area contributed by atoms with Crippen LogP contribution < -0.4 is 15.4 Å². The van der Waals surface area contributed by atoms with E-state index < -0.39 is 11.8 Å². The Kier molecular flexibility index (Phi) is 5.12. The molecule has 1 aliphatic heterocycles. The summed E-state index contributed by atoms with van der Waals surface area (Å²) in [4.78, 5) is 22.2. The molecule has 0 fully saturated rings. The summed E-state index contributed by atoms with van der Waals surface area (Å²) in [5.41, 5.74) is 0.937. The molecule has 0 saturated heterocycles. The highest BCUT2D eigenvalue weighted by atomic mass is 19.1. The number of halogens is 1. The van der Waals surface area contributed by atoms with Gasteiger partial charge in [-0.15, -0.1) is 0 Å². The van der Waals surface area contributed by atoms with Crippen molar-refractivity contribution in [3.63, 3.8) is 0 Å². The standard InChI is InChI=1S/C18H18FN5O2/c1-12-10-21-17(11-20-12)23-18(25)22-15-9-13(19)3-4-16(15)26-14-5-7-24(2)8-6-14/h3-7,9-11H,8H2,1-2H3,(H2,21,22,23,25). The molecule has 1 aromatic heterocycles. The number of urea groups is 1. The summed E-state index contributed by atoms with van der Waals surface area (Å²) in [6, 6.07) is 3.34. The van der Waals surface area contributed by atoms with Crippen molar-refractivity contribution in [1.29, 1.82) is 0 Å². The van der Waals surface area contributed by atoms with Crippen LogP contribution in [-0.4, -0.2) is 34.5 Å². The number of carbonyl (C=O) groups excluding carboxylic acids is 1. The van der Waals surface area contributed by atoms with Gasteiger partial charge in [0.1, 0.15) is 11.6 Å². The van der Waals surface area contributed by atoms with Gasteiger partial charge in [-0.05, 0) is 31.2 Å². The molecule has 2 heterocycles. The maximum atomic E-state index is 13.6. The number of nitrogens with zero attached hydrogens (tertiary/aromatic N) is 3. The van der Waals surface area contributed by atoms with Gasteiger partial charge >= 0.3 is 6.03 Å². The number of anilines is 2. The number of allylic oxidation sites excluding steroid dienone is 1. The van der Waals surface area contributed by atoms with Gasteiger partial charge in [0.2, 0.25) is 0 Å². The molecule has 3 rings (SSSR count). The third-order valence-electron chi connectivity index (χ3n) is 3.51. The minimum atomic E-state index is -0.577. The largest absolute Gasteiger partial charge is 0.455 e. The number of ether oxygens (including phenoxy) is 1. The average molecular weight is 355 g/mol. The quantitative estimate of drug-likeness (QED) is 0.880. The van der Waals surface area contributed by atoms with Crippen LogP contribution >= 0.6 is 0 Å². The van der Waals surface area contributed by atoms with E-state index in [0.29, 0.717) is 18.1 Å². The Morgan fingerprint density at radius 1 is 1.27 bits per heavy atom. The second-order valence-electron chi connectivity index (χ2n) is 5.73. The average Bonchev–Trinajstić information content (AvgIpc) is 2.61. The predicted molar refractivity (Wildman–Crippen MR) is 96.3 cm³/mol. The van der Waals surface area contributed by atoms with Crippen molar-refractivity contribution in [3.05, 3.63) is 66.2 Å². The molecule has 1 aliphatic rings. The van der Waals surface area contributed by atoms with Crippen LogP contribution in [-0.2, 0) is 0 Å². The number of nitrogens with one attached hydrogen (secondary N) is 2. The molecule has 2 amide bonds. The number of amides is 2. The monoisotopic (exact) mass is 355 g/mol. The number of aromatic nitrogens is 2. The Bertz CT molecular complexity index is 864. The molecule has 0 spiro atoms. The van der Waals surface area contributed by atoms with Crippen molar-refractivity contribution in [2.24, 2.45) is 0 Å². The van der Waals surface area contributed by atoms with Crippen LogP contribution in [0.5, 0.6) is 5.75 Å². The van der Waals surface area contributed by atoms with Gasteiger partial charge in [0.15, 0.2) is 11.6 Å². The molecule has 0 aliphatic carbocycles. The highest BCUT2D eigenvalue weighted by Gasteiger charge is 2.12. The molecule has 1 aromatic carbocycles. The highest BCUT2D eigenvalue weighted by Crippen LogP contribution is 2.28. The van der Waals surface area contributed by atoms with Crippen LogP contribution in [0.4, 0.5) is 20.7 Å². The summed E-state index contributed by atoms with van der Waals surface area (Å²) in [5.74, 6) is 0.739. The summed E-state index contributed by atoms with van der Waals surface area (Å²) < 4.78 is 19.4. The zero-order valence-corrected chi connectivity index (χ0v) is 14.4. The molecular weight excluding hydrogens is 337 g/mol. The first-order valence-corrected chi connectivity index (χ1v) is 7.92. The van der Waals surface area contributed by atoms with Crippen molar-refractivity contribution in [3.8, 4) is 5.75 Å². The summed E-state index contributed by atoms with van der Waals surface area (Å²) >= 11 is 0. The number of hydrogen-bond donors (Lipinski definition) is 2. The minimum absolute atomic E-state index is 0.204. The number of rotatable bonds is 4. The number of carbonyl (C=O) groups is 1. The topological polar surface area (TPSA) is 79.4 Å². The maximum Gasteiger partial charge on any atom is 0.325 e. The first-order chi connectivity index (χ1) is 12.5. The summed E-state index contributed by atoms with van der Waals surface area (Å²) in [5, 5.41) is 5.11. The Labute approximate surface area is 150 Å². The van der Waals surface area contributed by atoms with Gasteiger partial charge in [0.05, 0.1) is 23.8 Å². The minimum Gasteiger partial charge on any atom is -0.455 e. The van der Waals surface area contributed by atoms with E-state index in [1.807, 2.05) is 24.2 Å². The summed E-state index contributed by atoms with van der Waals surface area (Å²) in [6.45, 7) is 2.49. The molecule has 0 bridgehead atoms. The summed E-state index contributed by atoms with van der Waals surface area (Å²) in [7, 11) is 1.94. The van der Waals surface area contributed by atoms with Gasteiger partial charge in [-0.25, -0.2) is 14.2 Å². The fraction of sp³-hybridized carbons (Fsp3) is 0.167. The first-order valence-electron chi connectivity index (χ1n) is 7.92. The fourth-order valence-electron chi connectivity index (χ4n) is 2.18. The molecular formula is C18H18FN5O2. The smallest absolute Gasteiger partial charge is 0.325 e. The van der Waals surface area contributed by atoms with Crippen molar-refractivity contribution >= 4 is 17.5 Å². The number of benzene rings is 1. The van der Waals surface area contributed by atoms with E-state index in [-0.39, 0.29) is 11.5 Å². The lowest BCUT2D eigenvalue weighted by Crippen LogP contribution is -2.21. The third-order valence-corrected chi connectivity index (χ3v) is 3.51. The van der Waals surface area contributed by atoms with Crippen molar-refractivity contribution in [2.75, 3.05) is 24.2 Å². The van der Waals surface area contributed by atoms with Gasteiger partial charge in [-0.1, -0.05) is 0 Å². The lowest BCUT2D eigenvalue weighted by Gasteiger charge is -2.18. The van der Waals surface area contributed by atoms with Gasteiger partial charge in [0.25, 0.3) is 0 Å². The van der Waals surface area contributed by atoms with Crippen molar-refractivity contribution < 1.29 is 13.9 Å². The lowest BCUT2D eigenvalue weighted by molar-refractivity contribution is 0.262. The molecule has 8 heteroatoms. The van der Waals surface area contributed by atoms with Gasteiger partial charge in [-0.2, -0.15) is 0 Å². The van der Waals surface area contributed by atoms with E-state index in [2.05, 4.69) is 20.6 Å². The summed E-state index contributed by atoms with van der Waals surface area (Å²) in [6.07, 6.45) is 8.51. The second-order valence-corrected chi connectivity index (χ2v) is 5.73. The first kappa shape index (κ1) is 17.4. The van der Waals surface area contributed by atoms with Crippen LogP contribution in [0.2, 0.25) is 0 Å². The number of hydrogen-bond acceptors (Lipinski definition) is 5. The van der Waals surface area contributed by atoms with E-state index in [4.69, 9.17) is 4.74 Å². The maximum absolute atomic E-state index is 13.6. The molecule has 7 nitrogen and oxygen atoms in total. The zero-order valence-electron chi connectivity index (χ0n) is 14.4. The zero-order chi connectivity index (χ0) is 18.5. The van der Waals surface area contributed by atoms with Crippen LogP contribution in [0.3, 0.4) is 0 Å². The van der Waals surface area contributed by atoms with Crippen LogP contribution in [0, 0.1) is 12.7 Å². The normalized spacial score (nSPS) is 13.2. The van der Waals surface area contributed by atoms with Gasteiger partial charge in [0, 0.05) is 25.9 Å². The van der Waals surface area contributed by atoms with Crippen molar-refractivity contribution in [1.82, 2.24) is 14.9 Å². The van der Waals surface area contributed by atoms with E-state index in [0.717, 1.165) is 5.69 Å². The van der Waals surface area contributed by atoms with Crippen LogP contribution in [0.1, 0.15) is 5.69 Å². The molecule has 2 N–H and O–H groups in total. The molecule has 0 unspecified atom stereocenters. The Balaban J connectivity index is 1.72. The molecule has 2 aromatic rings. The molecule has 0 radical (unpaired) electrons. The van der Waals surface area contributed by atoms with Crippen LogP contribution in [0.25, 0.3) is 0 Å². The van der Waals surface area contributed by atoms with Crippen LogP contribution in [0.15, 0.2) is 54.7 Å². The Hall–Kier alpha value is -3.42. The SMILES string of the molecule is Cc1cnc(NC(=O)Nc2cc(F)ccc2OC2=CCN(C)C=C2)cn1.